The predicted octanol–water partition coefficient (Wildman–Crippen LogP) is 2.00. The van der Waals surface area contributed by atoms with Crippen LogP contribution in [0.2, 0.25) is 0 Å². The zero-order valence-electron chi connectivity index (χ0n) is 16.0. The first-order valence-electron chi connectivity index (χ1n) is 8.90. The van der Waals surface area contributed by atoms with Crippen LogP contribution in [0.1, 0.15) is 27.7 Å². The van der Waals surface area contributed by atoms with Crippen LogP contribution < -0.4 is 9.47 Å². The van der Waals surface area contributed by atoms with Crippen LogP contribution in [0.15, 0.2) is 24.3 Å². The van der Waals surface area contributed by atoms with Crippen molar-refractivity contribution in [2.45, 2.75) is 70.0 Å². The molecule has 0 unspecified atom stereocenters. The van der Waals surface area contributed by atoms with E-state index in [1.54, 1.807) is 59.1 Å². The zero-order valence-corrected chi connectivity index (χ0v) is 16.0. The van der Waals surface area contributed by atoms with Crippen molar-refractivity contribution in [1.82, 2.24) is 0 Å². The SMILES string of the molecule is COc1ccc(OC(=O)[C@@H]2O[C@H]3OC(C)(C)O[C@@H]3[C@@H]3OC(C)(C)O[C@@H]32)cc1. The van der Waals surface area contributed by atoms with E-state index in [1.165, 1.54) is 0 Å². The first kappa shape index (κ1) is 18.6. The molecule has 1 aromatic rings. The van der Waals surface area contributed by atoms with Gasteiger partial charge in [-0.2, -0.15) is 0 Å². The van der Waals surface area contributed by atoms with Gasteiger partial charge in [0.15, 0.2) is 24.0 Å². The minimum absolute atomic E-state index is 0.380. The third-order valence-electron chi connectivity index (χ3n) is 4.66. The Kier molecular flexibility index (Phi) is 4.44. The van der Waals surface area contributed by atoms with Crippen molar-refractivity contribution in [2.24, 2.45) is 0 Å². The number of methoxy groups -OCH3 is 1. The van der Waals surface area contributed by atoms with Crippen LogP contribution in [0.3, 0.4) is 0 Å². The Labute approximate surface area is 157 Å². The maximum atomic E-state index is 12.8. The molecule has 5 atom stereocenters. The smallest absolute Gasteiger partial charge is 0.343 e. The molecule has 27 heavy (non-hydrogen) atoms. The number of hydrogen-bond acceptors (Lipinski definition) is 8. The van der Waals surface area contributed by atoms with E-state index in [4.69, 9.17) is 33.2 Å². The molecule has 0 N–H and O–H groups in total. The lowest BCUT2D eigenvalue weighted by Gasteiger charge is -2.35. The van der Waals surface area contributed by atoms with Crippen LogP contribution in [0.4, 0.5) is 0 Å². The molecule has 3 aliphatic rings. The summed E-state index contributed by atoms with van der Waals surface area (Å²) >= 11 is 0. The number of esters is 1. The van der Waals surface area contributed by atoms with Gasteiger partial charge in [0.25, 0.3) is 0 Å². The number of ether oxygens (including phenoxy) is 7. The zero-order chi connectivity index (χ0) is 19.4. The fourth-order valence-corrected chi connectivity index (χ4v) is 3.62. The first-order valence-corrected chi connectivity index (χ1v) is 8.90. The van der Waals surface area contributed by atoms with Gasteiger partial charge < -0.3 is 33.2 Å². The number of rotatable bonds is 3. The summed E-state index contributed by atoms with van der Waals surface area (Å²) in [5.74, 6) is -1.25. The normalized spacial score (nSPS) is 36.0. The van der Waals surface area contributed by atoms with Gasteiger partial charge in [-0.05, 0) is 52.0 Å². The Morgan fingerprint density at radius 1 is 0.852 bits per heavy atom. The first-order chi connectivity index (χ1) is 12.7. The molecule has 3 saturated heterocycles. The molecule has 3 fully saturated rings. The van der Waals surface area contributed by atoms with Gasteiger partial charge >= 0.3 is 5.97 Å². The number of hydrogen-bond donors (Lipinski definition) is 0. The number of carbonyl (C=O) groups is 1. The second-order valence-corrected chi connectivity index (χ2v) is 7.69. The molecule has 8 nitrogen and oxygen atoms in total. The van der Waals surface area contributed by atoms with Gasteiger partial charge in [-0.15, -0.1) is 0 Å². The molecule has 0 aliphatic carbocycles. The number of fused-ring (bicyclic) bond motifs is 3. The van der Waals surface area contributed by atoms with Crippen molar-refractivity contribution in [2.75, 3.05) is 7.11 Å². The largest absolute Gasteiger partial charge is 0.497 e. The molecular weight excluding hydrogens is 356 g/mol. The number of benzene rings is 1. The third kappa shape index (κ3) is 3.55. The van der Waals surface area contributed by atoms with Gasteiger partial charge in [-0.25, -0.2) is 4.79 Å². The van der Waals surface area contributed by atoms with E-state index in [1.807, 2.05) is 0 Å². The highest BCUT2D eigenvalue weighted by atomic mass is 16.9. The Balaban J connectivity index is 1.55. The molecular formula is C19H24O8. The Morgan fingerprint density at radius 3 is 2.07 bits per heavy atom. The van der Waals surface area contributed by atoms with Crippen LogP contribution >= 0.6 is 0 Å². The molecule has 0 amide bonds. The van der Waals surface area contributed by atoms with Crippen LogP contribution in [0, 0.1) is 0 Å². The summed E-state index contributed by atoms with van der Waals surface area (Å²) in [6.07, 6.45) is -3.40. The summed E-state index contributed by atoms with van der Waals surface area (Å²) < 4.78 is 40.1. The van der Waals surface area contributed by atoms with Gasteiger partial charge in [-0.3, -0.25) is 0 Å². The second kappa shape index (κ2) is 6.42. The highest BCUT2D eigenvalue weighted by molar-refractivity contribution is 5.78. The lowest BCUT2D eigenvalue weighted by atomic mass is 9.99. The summed E-state index contributed by atoms with van der Waals surface area (Å²) in [5.41, 5.74) is 0. The minimum atomic E-state index is -1.00. The number of carbonyl (C=O) groups excluding carboxylic acids is 1. The Hall–Kier alpha value is -1.71. The highest BCUT2D eigenvalue weighted by Gasteiger charge is 2.62. The van der Waals surface area contributed by atoms with E-state index in [-0.39, 0.29) is 0 Å². The molecule has 0 saturated carbocycles. The Morgan fingerprint density at radius 2 is 1.41 bits per heavy atom. The molecule has 1 aromatic carbocycles. The van der Waals surface area contributed by atoms with Gasteiger partial charge in [0.1, 0.15) is 29.8 Å². The lowest BCUT2D eigenvalue weighted by molar-refractivity contribution is -0.236. The average molecular weight is 380 g/mol. The minimum Gasteiger partial charge on any atom is -0.497 e. The van der Waals surface area contributed by atoms with Gasteiger partial charge in [0.2, 0.25) is 0 Å². The summed E-state index contributed by atoms with van der Waals surface area (Å²) in [7, 11) is 1.57. The fraction of sp³-hybridized carbons (Fsp3) is 0.632. The molecule has 3 heterocycles. The monoisotopic (exact) mass is 380 g/mol. The predicted molar refractivity (Wildman–Crippen MR) is 91.2 cm³/mol. The van der Waals surface area contributed by atoms with E-state index >= 15 is 0 Å². The van der Waals surface area contributed by atoms with E-state index in [0.29, 0.717) is 11.5 Å². The summed E-state index contributed by atoms with van der Waals surface area (Å²) in [5, 5.41) is 0. The van der Waals surface area contributed by atoms with Gasteiger partial charge in [0.05, 0.1) is 7.11 Å². The van der Waals surface area contributed by atoms with E-state index in [2.05, 4.69) is 0 Å². The van der Waals surface area contributed by atoms with E-state index in [0.717, 1.165) is 0 Å². The summed E-state index contributed by atoms with van der Waals surface area (Å²) in [4.78, 5) is 12.8. The third-order valence-corrected chi connectivity index (χ3v) is 4.66. The second-order valence-electron chi connectivity index (χ2n) is 7.69. The molecule has 3 aliphatic heterocycles. The topological polar surface area (TPSA) is 81.7 Å². The molecule has 4 rings (SSSR count). The van der Waals surface area contributed by atoms with Crippen molar-refractivity contribution in [1.29, 1.82) is 0 Å². The molecule has 0 spiro atoms. The Bertz CT molecular complexity index is 713. The van der Waals surface area contributed by atoms with Gasteiger partial charge in [0, 0.05) is 0 Å². The standard InChI is InChI=1S/C19H24O8/c1-18(2)24-12-13(25-18)15-17(27-19(3,4)26-15)23-14(12)16(20)22-11-8-6-10(21-5)7-9-11/h6-9,12-15,17H,1-5H3/t12-,13+,14+,15+,17-/m0/s1. The highest BCUT2D eigenvalue weighted by Crippen LogP contribution is 2.44. The van der Waals surface area contributed by atoms with Crippen LogP contribution in [0.5, 0.6) is 11.5 Å². The van der Waals surface area contributed by atoms with Gasteiger partial charge in [-0.1, -0.05) is 0 Å². The van der Waals surface area contributed by atoms with E-state index < -0.39 is 48.2 Å². The molecule has 0 radical (unpaired) electrons. The van der Waals surface area contributed by atoms with Crippen molar-refractivity contribution < 1.29 is 38.0 Å². The average Bonchev–Trinajstić information content (AvgIpc) is 3.08. The summed E-state index contributed by atoms with van der Waals surface area (Å²) in [6.45, 7) is 7.14. The van der Waals surface area contributed by atoms with E-state index in [9.17, 15) is 4.79 Å². The van der Waals surface area contributed by atoms with Crippen molar-refractivity contribution in [3.63, 3.8) is 0 Å². The molecule has 0 bridgehead atoms. The lowest BCUT2D eigenvalue weighted by Crippen LogP contribution is -2.58. The van der Waals surface area contributed by atoms with Crippen molar-refractivity contribution in [3.05, 3.63) is 24.3 Å². The molecule has 148 valence electrons. The summed E-state index contributed by atoms with van der Waals surface area (Å²) in [6, 6.07) is 6.71. The molecule has 8 heteroatoms. The maximum absolute atomic E-state index is 12.8. The van der Waals surface area contributed by atoms with Crippen LogP contribution in [-0.4, -0.2) is 55.4 Å². The van der Waals surface area contributed by atoms with Crippen LogP contribution in [0.25, 0.3) is 0 Å². The molecule has 0 aromatic heterocycles. The quantitative estimate of drug-likeness (QED) is 0.582. The van der Waals surface area contributed by atoms with Crippen LogP contribution in [-0.2, 0) is 28.5 Å². The van der Waals surface area contributed by atoms with Crippen molar-refractivity contribution in [3.8, 4) is 11.5 Å². The maximum Gasteiger partial charge on any atom is 0.343 e. The fourth-order valence-electron chi connectivity index (χ4n) is 3.62. The van der Waals surface area contributed by atoms with Crippen molar-refractivity contribution >= 4 is 5.97 Å².